The van der Waals surface area contributed by atoms with Gasteiger partial charge < -0.3 is 16.4 Å². The minimum Gasteiger partial charge on any atom is -0.384 e. The fourth-order valence-corrected chi connectivity index (χ4v) is 3.20. The first-order chi connectivity index (χ1) is 8.54. The fraction of sp³-hybridized carbons (Fsp3) is 0.643. The van der Waals surface area contributed by atoms with Gasteiger partial charge in [0.2, 0.25) is 0 Å². The lowest BCUT2D eigenvalue weighted by Gasteiger charge is -2.41. The number of hydrogen-bond acceptors (Lipinski definition) is 4. The zero-order valence-electron chi connectivity index (χ0n) is 11.4. The molecule has 0 radical (unpaired) electrons. The van der Waals surface area contributed by atoms with Gasteiger partial charge in [0.15, 0.2) is 0 Å². The first kappa shape index (κ1) is 13.3. The van der Waals surface area contributed by atoms with Crippen LogP contribution in [-0.4, -0.2) is 35.6 Å². The molecular weight excluding hydrogens is 224 g/mol. The number of likely N-dealkylation sites (N-methyl/N-ethyl adjacent to an activating group) is 1. The fourth-order valence-electron chi connectivity index (χ4n) is 3.20. The zero-order valence-corrected chi connectivity index (χ0v) is 11.4. The normalized spacial score (nSPS) is 20.2. The van der Waals surface area contributed by atoms with Crippen molar-refractivity contribution in [3.8, 4) is 0 Å². The van der Waals surface area contributed by atoms with Crippen LogP contribution in [0.3, 0.4) is 0 Å². The lowest BCUT2D eigenvalue weighted by atomic mass is 9.84. The first-order valence-corrected chi connectivity index (χ1v) is 6.68. The number of nitrogens with zero attached hydrogens (tertiary/aromatic N) is 2. The highest BCUT2D eigenvalue weighted by molar-refractivity contribution is 5.32. The number of hydrogen-bond donors (Lipinski definition) is 2. The predicted octanol–water partition coefficient (Wildman–Crippen LogP) is 1.41. The standard InChI is InChI=1S/C14H24N4/c1-18(2)14(6-3-4-7-14)12(15)9-11-5-8-17-13(16)10-11/h5,8,10,12H,3-4,6-7,9,15H2,1-2H3,(H2,16,17). The molecule has 0 aliphatic heterocycles. The number of aromatic nitrogens is 1. The molecule has 18 heavy (non-hydrogen) atoms. The van der Waals surface area contributed by atoms with Gasteiger partial charge in [0, 0.05) is 17.8 Å². The van der Waals surface area contributed by atoms with Crippen molar-refractivity contribution >= 4 is 5.82 Å². The molecule has 1 aromatic rings. The van der Waals surface area contributed by atoms with Crippen LogP contribution in [0.15, 0.2) is 18.3 Å². The maximum absolute atomic E-state index is 6.49. The molecule has 1 aromatic heterocycles. The third-order valence-corrected chi connectivity index (χ3v) is 4.35. The Morgan fingerprint density at radius 3 is 2.61 bits per heavy atom. The van der Waals surface area contributed by atoms with Crippen molar-refractivity contribution in [3.05, 3.63) is 23.9 Å². The molecule has 0 bridgehead atoms. The Kier molecular flexibility index (Phi) is 3.88. The van der Waals surface area contributed by atoms with Gasteiger partial charge in [-0.1, -0.05) is 12.8 Å². The Bertz CT molecular complexity index is 397. The topological polar surface area (TPSA) is 68.2 Å². The van der Waals surface area contributed by atoms with E-state index in [1.54, 1.807) is 6.20 Å². The molecule has 1 atom stereocenters. The lowest BCUT2D eigenvalue weighted by molar-refractivity contribution is 0.123. The average molecular weight is 248 g/mol. The highest BCUT2D eigenvalue weighted by Gasteiger charge is 2.41. The molecule has 4 N–H and O–H groups in total. The van der Waals surface area contributed by atoms with Crippen LogP contribution < -0.4 is 11.5 Å². The van der Waals surface area contributed by atoms with Crippen molar-refractivity contribution in [3.63, 3.8) is 0 Å². The van der Waals surface area contributed by atoms with Crippen LogP contribution in [0.25, 0.3) is 0 Å². The summed E-state index contributed by atoms with van der Waals surface area (Å²) in [5.41, 5.74) is 13.5. The Morgan fingerprint density at radius 2 is 2.06 bits per heavy atom. The summed E-state index contributed by atoms with van der Waals surface area (Å²) in [6.45, 7) is 0. The minimum absolute atomic E-state index is 0.150. The van der Waals surface area contributed by atoms with E-state index in [1.165, 1.54) is 31.2 Å². The van der Waals surface area contributed by atoms with Crippen LogP contribution in [0, 0.1) is 0 Å². The average Bonchev–Trinajstić information content (AvgIpc) is 2.79. The highest BCUT2D eigenvalue weighted by Crippen LogP contribution is 2.36. The summed E-state index contributed by atoms with van der Waals surface area (Å²) in [5, 5.41) is 0. The van der Waals surface area contributed by atoms with Gasteiger partial charge in [0.25, 0.3) is 0 Å². The Morgan fingerprint density at radius 1 is 1.39 bits per heavy atom. The molecule has 1 aliphatic rings. The summed E-state index contributed by atoms with van der Waals surface area (Å²) in [6.07, 6.45) is 7.58. The summed E-state index contributed by atoms with van der Waals surface area (Å²) in [6, 6.07) is 4.09. The van der Waals surface area contributed by atoms with E-state index in [4.69, 9.17) is 11.5 Å². The van der Waals surface area contributed by atoms with Gasteiger partial charge in [-0.25, -0.2) is 4.98 Å². The summed E-state index contributed by atoms with van der Waals surface area (Å²) in [4.78, 5) is 6.34. The molecule has 2 rings (SSSR count). The molecular formula is C14H24N4. The van der Waals surface area contributed by atoms with E-state index in [1.807, 2.05) is 12.1 Å². The largest absolute Gasteiger partial charge is 0.384 e. The Labute approximate surface area is 109 Å². The second-order valence-electron chi connectivity index (χ2n) is 5.60. The quantitative estimate of drug-likeness (QED) is 0.845. The van der Waals surface area contributed by atoms with Crippen molar-refractivity contribution < 1.29 is 0 Å². The van der Waals surface area contributed by atoms with Crippen molar-refractivity contribution in [1.82, 2.24) is 9.88 Å². The van der Waals surface area contributed by atoms with E-state index in [0.717, 1.165) is 6.42 Å². The molecule has 0 aromatic carbocycles. The van der Waals surface area contributed by atoms with E-state index in [9.17, 15) is 0 Å². The number of pyridine rings is 1. The van der Waals surface area contributed by atoms with E-state index >= 15 is 0 Å². The van der Waals surface area contributed by atoms with E-state index in [0.29, 0.717) is 5.82 Å². The minimum atomic E-state index is 0.150. The van der Waals surface area contributed by atoms with Crippen molar-refractivity contribution in [2.75, 3.05) is 19.8 Å². The molecule has 1 saturated carbocycles. The van der Waals surface area contributed by atoms with Crippen molar-refractivity contribution in [2.24, 2.45) is 5.73 Å². The van der Waals surface area contributed by atoms with Gasteiger partial charge in [-0.3, -0.25) is 0 Å². The maximum Gasteiger partial charge on any atom is 0.123 e. The highest BCUT2D eigenvalue weighted by atomic mass is 15.2. The number of rotatable bonds is 4. The van der Waals surface area contributed by atoms with Gasteiger partial charge in [0.05, 0.1) is 0 Å². The molecule has 0 saturated heterocycles. The number of nitrogen functional groups attached to an aromatic ring is 1. The molecule has 1 unspecified atom stereocenters. The van der Waals surface area contributed by atoms with Crippen LogP contribution in [0.2, 0.25) is 0 Å². The van der Waals surface area contributed by atoms with E-state index in [2.05, 4.69) is 24.0 Å². The van der Waals surface area contributed by atoms with Crippen molar-refractivity contribution in [1.29, 1.82) is 0 Å². The summed E-state index contributed by atoms with van der Waals surface area (Å²) in [5.74, 6) is 0.574. The lowest BCUT2D eigenvalue weighted by Crippen LogP contribution is -2.56. The van der Waals surface area contributed by atoms with Crippen LogP contribution in [0.5, 0.6) is 0 Å². The van der Waals surface area contributed by atoms with Crippen LogP contribution in [-0.2, 0) is 6.42 Å². The van der Waals surface area contributed by atoms with E-state index in [-0.39, 0.29) is 11.6 Å². The van der Waals surface area contributed by atoms with Gasteiger partial charge >= 0.3 is 0 Å². The van der Waals surface area contributed by atoms with E-state index < -0.39 is 0 Å². The SMILES string of the molecule is CN(C)C1(C(N)Cc2ccnc(N)c2)CCCC1. The molecule has 1 aliphatic carbocycles. The van der Waals surface area contributed by atoms with Crippen LogP contribution in [0.4, 0.5) is 5.82 Å². The smallest absolute Gasteiger partial charge is 0.123 e. The zero-order chi connectivity index (χ0) is 13.2. The number of anilines is 1. The maximum atomic E-state index is 6.49. The summed E-state index contributed by atoms with van der Waals surface area (Å²) >= 11 is 0. The van der Waals surface area contributed by atoms with Crippen molar-refractivity contribution in [2.45, 2.75) is 43.7 Å². The van der Waals surface area contributed by atoms with Gasteiger partial charge in [-0.05, 0) is 51.1 Å². The summed E-state index contributed by atoms with van der Waals surface area (Å²) in [7, 11) is 4.29. The predicted molar refractivity (Wildman–Crippen MR) is 75.2 cm³/mol. The molecule has 1 fully saturated rings. The second-order valence-corrected chi connectivity index (χ2v) is 5.60. The monoisotopic (exact) mass is 248 g/mol. The Hall–Kier alpha value is -1.13. The molecule has 4 nitrogen and oxygen atoms in total. The Balaban J connectivity index is 2.13. The van der Waals surface area contributed by atoms with Crippen LogP contribution in [0.1, 0.15) is 31.2 Å². The van der Waals surface area contributed by atoms with Gasteiger partial charge in [-0.2, -0.15) is 0 Å². The van der Waals surface area contributed by atoms with Gasteiger partial charge in [-0.15, -0.1) is 0 Å². The second kappa shape index (κ2) is 5.24. The molecule has 1 heterocycles. The molecule has 100 valence electrons. The summed E-state index contributed by atoms with van der Waals surface area (Å²) < 4.78 is 0. The van der Waals surface area contributed by atoms with Crippen LogP contribution >= 0.6 is 0 Å². The molecule has 0 spiro atoms. The molecule has 4 heteroatoms. The number of nitrogens with two attached hydrogens (primary N) is 2. The van der Waals surface area contributed by atoms with Gasteiger partial charge in [0.1, 0.15) is 5.82 Å². The first-order valence-electron chi connectivity index (χ1n) is 6.68. The third-order valence-electron chi connectivity index (χ3n) is 4.35. The molecule has 0 amide bonds. The third kappa shape index (κ3) is 2.49.